The van der Waals surface area contributed by atoms with Gasteiger partial charge in [-0.1, -0.05) is 20.3 Å². The average Bonchev–Trinajstić information content (AvgIpc) is 3.23. The van der Waals surface area contributed by atoms with Crippen molar-refractivity contribution in [2.24, 2.45) is 11.7 Å². The predicted octanol–water partition coefficient (Wildman–Crippen LogP) is -7.91. The molecule has 0 aromatic rings. The zero-order chi connectivity index (χ0) is 48.1. The van der Waals surface area contributed by atoms with Crippen LogP contribution in [0.2, 0.25) is 0 Å². The molecule has 1 aliphatic rings. The number of hydrogen-bond acceptors (Lipinski definition) is 18. The van der Waals surface area contributed by atoms with Gasteiger partial charge < -0.3 is 93.5 Å². The minimum atomic E-state index is -1.92. The monoisotopic (exact) mass is 909 g/mol. The largest absolute Gasteiger partial charge is 0.480 e. The van der Waals surface area contributed by atoms with Crippen molar-refractivity contribution >= 4 is 47.3 Å². The van der Waals surface area contributed by atoms with Crippen LogP contribution in [-0.2, 0) is 47.8 Å². The van der Waals surface area contributed by atoms with Crippen molar-refractivity contribution in [3.8, 4) is 0 Å². The van der Waals surface area contributed by atoms with E-state index in [4.69, 9.17) is 20.3 Å². The number of aliphatic hydroxyl groups excluding tert-OH is 6. The molecule has 14 atom stereocenters. The molecule has 26 heteroatoms. The van der Waals surface area contributed by atoms with Crippen molar-refractivity contribution in [3.05, 3.63) is 0 Å². The highest BCUT2D eigenvalue weighted by Crippen LogP contribution is 2.22. The number of aliphatic carboxylic acids is 1. The maximum atomic E-state index is 13.8. The van der Waals surface area contributed by atoms with E-state index < -0.39 is 159 Å². The number of aliphatic hydroxyl groups is 6. The van der Waals surface area contributed by atoms with Gasteiger partial charge in [-0.2, -0.15) is 0 Å². The fourth-order valence-corrected chi connectivity index (χ4v) is 6.01. The van der Waals surface area contributed by atoms with Crippen LogP contribution in [0.3, 0.4) is 0 Å². The molecular formula is C37H67N9O17. The maximum absolute atomic E-state index is 13.8. The fourth-order valence-electron chi connectivity index (χ4n) is 6.01. The lowest BCUT2D eigenvalue weighted by atomic mass is 9.97. The summed E-state index contributed by atoms with van der Waals surface area (Å²) in [5.74, 6) is -8.90. The van der Waals surface area contributed by atoms with Crippen LogP contribution in [-0.4, -0.2) is 202 Å². The summed E-state index contributed by atoms with van der Waals surface area (Å²) >= 11 is 0. The zero-order valence-corrected chi connectivity index (χ0v) is 36.2. The van der Waals surface area contributed by atoms with Crippen molar-refractivity contribution in [3.63, 3.8) is 0 Å². The van der Waals surface area contributed by atoms with Crippen LogP contribution in [0, 0.1) is 5.92 Å². The van der Waals surface area contributed by atoms with Crippen molar-refractivity contribution in [2.75, 3.05) is 40.0 Å². The highest BCUT2D eigenvalue weighted by atomic mass is 16.7. The molecule has 0 aliphatic carbocycles. The quantitative estimate of drug-likeness (QED) is 0.0324. The van der Waals surface area contributed by atoms with E-state index in [0.29, 0.717) is 25.8 Å². The van der Waals surface area contributed by atoms with Gasteiger partial charge in [0.05, 0.1) is 38.1 Å². The first kappa shape index (κ1) is 56.4. The Morgan fingerprint density at radius 3 is 1.76 bits per heavy atom. The molecule has 0 saturated carbocycles. The fraction of sp³-hybridized carbons (Fsp3) is 0.784. The molecule has 0 spiro atoms. The molecular weight excluding hydrogens is 842 g/mol. The first-order valence-corrected chi connectivity index (χ1v) is 20.4. The number of hydrogen-bond donors (Lipinski definition) is 16. The van der Waals surface area contributed by atoms with E-state index in [1.165, 1.54) is 0 Å². The van der Waals surface area contributed by atoms with Gasteiger partial charge in [-0.05, 0) is 52.6 Å². The first-order chi connectivity index (χ1) is 29.5. The number of amides is 7. The van der Waals surface area contributed by atoms with Crippen molar-refractivity contribution in [1.29, 1.82) is 0 Å². The van der Waals surface area contributed by atoms with Gasteiger partial charge in [0.1, 0.15) is 61.1 Å². The van der Waals surface area contributed by atoms with Gasteiger partial charge in [0.25, 0.3) is 0 Å². The van der Waals surface area contributed by atoms with Crippen LogP contribution in [0.1, 0.15) is 60.3 Å². The second kappa shape index (κ2) is 28.2. The van der Waals surface area contributed by atoms with Crippen LogP contribution in [0.4, 0.5) is 0 Å². The number of rotatable bonds is 28. The minimum absolute atomic E-state index is 0.0475. The molecule has 1 rings (SSSR count). The van der Waals surface area contributed by atoms with Gasteiger partial charge in [0, 0.05) is 6.92 Å². The topological polar surface area (TPSA) is 419 Å². The summed E-state index contributed by atoms with van der Waals surface area (Å²) in [5, 5.41) is 89.4. The lowest BCUT2D eigenvalue weighted by Gasteiger charge is -2.42. The molecule has 0 aromatic carbocycles. The Bertz CT molecular complexity index is 1530. The number of carboxylic acid groups (broad SMARTS) is 1. The second-order valence-electron chi connectivity index (χ2n) is 15.2. The zero-order valence-electron chi connectivity index (χ0n) is 36.2. The van der Waals surface area contributed by atoms with E-state index in [2.05, 4.69) is 42.5 Å². The standard InChI is InChI=1S/C37H67N9O17/c1-7-16(2)25(38)34(59)44-22(15-62-37-28(41-19(5)51)30(55)29(54)23(14-48)63-37)33(58)46-27(18(4)50)36(61)43-21(13-47)32(57)45-26(17(3)49)35(60)42-20(10-8-9-11-39-6)31(56)40-12-24(52)53/h16-18,20-23,25-30,37,39,47-50,54-55H,7-15,38H2,1-6H3,(H,40,56)(H,41,51)(H,42,60)(H,43,61)(H,44,59)(H,45,57)(H,46,58)(H,52,53)/t16-,17+,18+,20-,21?,22?,23?,25?,26?,27?,28?,29-,30?,37-/m0/s1. The summed E-state index contributed by atoms with van der Waals surface area (Å²) in [4.78, 5) is 103. The summed E-state index contributed by atoms with van der Waals surface area (Å²) in [7, 11) is 1.70. The third-order valence-corrected chi connectivity index (χ3v) is 10.0. The molecule has 362 valence electrons. The van der Waals surface area contributed by atoms with Crippen LogP contribution in [0.25, 0.3) is 0 Å². The maximum Gasteiger partial charge on any atom is 0.322 e. The van der Waals surface area contributed by atoms with Gasteiger partial charge in [0.2, 0.25) is 41.4 Å². The first-order valence-electron chi connectivity index (χ1n) is 20.4. The number of carbonyl (C=O) groups excluding carboxylic acids is 7. The van der Waals surface area contributed by atoms with Crippen LogP contribution >= 0.6 is 0 Å². The van der Waals surface area contributed by atoms with E-state index in [1.54, 1.807) is 20.9 Å². The summed E-state index contributed by atoms with van der Waals surface area (Å²) in [5.41, 5.74) is 6.07. The van der Waals surface area contributed by atoms with E-state index in [0.717, 1.165) is 20.8 Å². The third kappa shape index (κ3) is 18.5. The van der Waals surface area contributed by atoms with Gasteiger partial charge in [0.15, 0.2) is 6.29 Å². The molecule has 1 heterocycles. The van der Waals surface area contributed by atoms with Crippen LogP contribution in [0.5, 0.6) is 0 Å². The summed E-state index contributed by atoms with van der Waals surface area (Å²) in [6, 6.07) is -11.2. The number of carboxylic acids is 1. The normalized spacial score (nSPS) is 22.8. The number of carbonyl (C=O) groups is 8. The Balaban J connectivity index is 3.31. The molecule has 1 saturated heterocycles. The minimum Gasteiger partial charge on any atom is -0.480 e. The van der Waals surface area contributed by atoms with E-state index in [1.807, 2.05) is 0 Å². The van der Waals surface area contributed by atoms with Crippen LogP contribution in [0.15, 0.2) is 0 Å². The second-order valence-corrected chi connectivity index (χ2v) is 15.2. The Kier molecular flexibility index (Phi) is 25.2. The average molecular weight is 910 g/mol. The number of unbranched alkanes of at least 4 members (excludes halogenated alkanes) is 1. The number of nitrogens with one attached hydrogen (secondary N) is 8. The highest BCUT2D eigenvalue weighted by molar-refractivity contribution is 5.97. The van der Waals surface area contributed by atoms with Crippen molar-refractivity contribution in [1.82, 2.24) is 42.5 Å². The highest BCUT2D eigenvalue weighted by Gasteiger charge is 2.46. The van der Waals surface area contributed by atoms with Crippen LogP contribution < -0.4 is 48.3 Å². The van der Waals surface area contributed by atoms with E-state index >= 15 is 0 Å². The molecule has 1 aliphatic heterocycles. The van der Waals surface area contributed by atoms with E-state index in [-0.39, 0.29) is 6.42 Å². The molecule has 0 bridgehead atoms. The number of ether oxygens (including phenoxy) is 2. The molecule has 26 nitrogen and oxygen atoms in total. The Labute approximate surface area is 364 Å². The smallest absolute Gasteiger partial charge is 0.322 e. The molecule has 7 amide bonds. The lowest BCUT2D eigenvalue weighted by Crippen LogP contribution is -2.65. The molecule has 0 aromatic heterocycles. The Morgan fingerprint density at radius 1 is 0.746 bits per heavy atom. The van der Waals surface area contributed by atoms with Gasteiger partial charge in [-0.3, -0.25) is 38.4 Å². The Morgan fingerprint density at radius 2 is 1.29 bits per heavy atom. The lowest BCUT2D eigenvalue weighted by molar-refractivity contribution is -0.271. The number of nitrogens with two attached hydrogens (primary N) is 1. The molecule has 8 unspecified atom stereocenters. The summed E-state index contributed by atoms with van der Waals surface area (Å²) in [6.45, 7) is 3.79. The van der Waals surface area contributed by atoms with Gasteiger partial charge >= 0.3 is 5.97 Å². The molecule has 63 heavy (non-hydrogen) atoms. The van der Waals surface area contributed by atoms with E-state index in [9.17, 15) is 69.0 Å². The SMILES string of the molecule is CC[C@H](C)C(N)C(=O)NC(CO[C@H]1OC(CO)[C@H](O)C(O)C1NC(C)=O)C(=O)NC(C(=O)NC(CO)C(=O)NC(C(=O)N[C@@H](CCCCNC)C(=O)NCC(=O)O)[C@@H](C)O)[C@@H](C)O. The van der Waals surface area contributed by atoms with Crippen molar-refractivity contribution in [2.45, 2.75) is 139 Å². The van der Waals surface area contributed by atoms with Crippen molar-refractivity contribution < 1.29 is 83.6 Å². The third-order valence-electron chi connectivity index (χ3n) is 10.0. The van der Waals surface area contributed by atoms with Gasteiger partial charge in [-0.25, -0.2) is 0 Å². The molecule has 17 N–H and O–H groups in total. The summed E-state index contributed by atoms with van der Waals surface area (Å²) < 4.78 is 11.2. The molecule has 1 fully saturated rings. The van der Waals surface area contributed by atoms with Gasteiger partial charge in [-0.15, -0.1) is 0 Å². The summed E-state index contributed by atoms with van der Waals surface area (Å²) in [6.07, 6.45) is -8.32. The Hall–Kier alpha value is -4.64. The molecule has 0 radical (unpaired) electrons. The predicted molar refractivity (Wildman–Crippen MR) is 217 cm³/mol.